The molecule has 3 nitrogen and oxygen atoms in total. The molecule has 2 heterocycles. The first-order valence-corrected chi connectivity index (χ1v) is 23.1. The van der Waals surface area contributed by atoms with Crippen molar-refractivity contribution in [1.82, 2.24) is 0 Å². The molecule has 0 aromatic heterocycles. The van der Waals surface area contributed by atoms with E-state index in [2.05, 4.69) is 26.8 Å². The summed E-state index contributed by atoms with van der Waals surface area (Å²) in [6.07, 6.45) is 8.21. The molecule has 7 fully saturated rings. The van der Waals surface area contributed by atoms with Gasteiger partial charge in [0.2, 0.25) is 0 Å². The monoisotopic (exact) mass is 647 g/mol. The van der Waals surface area contributed by atoms with Crippen LogP contribution in [0.4, 0.5) is 0 Å². The second-order valence-electron chi connectivity index (χ2n) is 12.6. The maximum atomic E-state index is 12.5. The van der Waals surface area contributed by atoms with E-state index in [1.165, 1.54) is 12.8 Å². The Labute approximate surface area is 198 Å². The van der Waals surface area contributed by atoms with Gasteiger partial charge in [0.15, 0.2) is 0 Å². The summed E-state index contributed by atoms with van der Waals surface area (Å²) in [7, 11) is 0. The molecule has 0 N–H and O–H groups in total. The van der Waals surface area contributed by atoms with E-state index in [-0.39, 0.29) is 22.4 Å². The van der Waals surface area contributed by atoms with Crippen LogP contribution in [-0.2, 0) is 14.3 Å². The van der Waals surface area contributed by atoms with E-state index in [9.17, 15) is 9.59 Å². The van der Waals surface area contributed by atoms with Gasteiger partial charge in [-0.1, -0.05) is 0 Å². The van der Waals surface area contributed by atoms with Crippen molar-refractivity contribution in [3.8, 4) is 0 Å². The van der Waals surface area contributed by atoms with Crippen LogP contribution in [0.15, 0.2) is 11.6 Å². The van der Waals surface area contributed by atoms with Gasteiger partial charge in [-0.2, -0.15) is 0 Å². The standard InChI is InChI=1S/C26H33I2O3/c1-12-17-21(12)26(9-6-16(30)31-26)25(3)8-5-14-18(22(17)25)20-19(23(20)28-11-27-28)15-10-13(29)4-7-24(14,15)2/h10,12,14,17-23H,4-9,11H2,1-3H3/q-1/t12-,14?,17+,18?,19-,20+,21-,22?,23?,24+,25-,26-/m0/s1. The Morgan fingerprint density at radius 2 is 1.87 bits per heavy atom. The number of ether oxygens (including phenoxy) is 1. The van der Waals surface area contributed by atoms with Gasteiger partial charge in [0.05, 0.1) is 0 Å². The molecule has 2 saturated heterocycles. The van der Waals surface area contributed by atoms with E-state index in [1.807, 2.05) is 0 Å². The molecule has 0 amide bonds. The summed E-state index contributed by atoms with van der Waals surface area (Å²) in [5.41, 5.74) is 1.96. The molecule has 0 radical (unpaired) electrons. The predicted octanol–water partition coefficient (Wildman–Crippen LogP) is 2.01. The number of rotatable bonds is 1. The van der Waals surface area contributed by atoms with Gasteiger partial charge < -0.3 is 0 Å². The van der Waals surface area contributed by atoms with Crippen molar-refractivity contribution in [3.05, 3.63) is 11.6 Å². The minimum absolute atomic E-state index is 0.0757. The molecular formula is C26H33I2O3-. The number of hydrogen-bond acceptors (Lipinski definition) is 3. The van der Waals surface area contributed by atoms with E-state index in [4.69, 9.17) is 4.74 Å². The van der Waals surface area contributed by atoms with Crippen molar-refractivity contribution >= 4 is 27.6 Å². The quantitative estimate of drug-likeness (QED) is 0.249. The maximum absolute atomic E-state index is 12.5. The molecule has 6 aliphatic carbocycles. The third-order valence-electron chi connectivity index (χ3n) is 11.9. The van der Waals surface area contributed by atoms with Crippen molar-refractivity contribution in [2.75, 3.05) is 2.43 Å². The third-order valence-corrected chi connectivity index (χ3v) is 28.3. The van der Waals surface area contributed by atoms with Crippen molar-refractivity contribution in [3.63, 3.8) is 0 Å². The van der Waals surface area contributed by atoms with Crippen molar-refractivity contribution in [2.24, 2.45) is 58.2 Å². The first kappa shape index (κ1) is 19.6. The van der Waals surface area contributed by atoms with Crippen LogP contribution in [0, 0.1) is 58.2 Å². The number of hydrogen-bond donors (Lipinski definition) is 0. The van der Waals surface area contributed by atoms with Crippen LogP contribution in [0.1, 0.15) is 59.3 Å². The Morgan fingerprint density at radius 1 is 1.06 bits per heavy atom. The molecule has 8 rings (SSSR count). The zero-order chi connectivity index (χ0) is 21.1. The predicted molar refractivity (Wildman–Crippen MR) is 122 cm³/mol. The van der Waals surface area contributed by atoms with E-state index in [1.54, 1.807) is 8.01 Å². The van der Waals surface area contributed by atoms with Crippen LogP contribution in [0.5, 0.6) is 0 Å². The van der Waals surface area contributed by atoms with Crippen LogP contribution >= 0.6 is 15.8 Å². The van der Waals surface area contributed by atoms with Gasteiger partial charge >= 0.3 is 200 Å². The first-order valence-electron chi connectivity index (χ1n) is 12.5. The molecule has 4 unspecified atom stereocenters. The van der Waals surface area contributed by atoms with Gasteiger partial charge in [-0.15, -0.1) is 0 Å². The third kappa shape index (κ3) is 2.11. The molecule has 170 valence electrons. The fraction of sp³-hybridized carbons (Fsp3) is 0.846. The van der Waals surface area contributed by atoms with Gasteiger partial charge in [0, 0.05) is 0 Å². The Morgan fingerprint density at radius 3 is 2.58 bits per heavy atom. The topological polar surface area (TPSA) is 43.4 Å². The summed E-state index contributed by atoms with van der Waals surface area (Å²) in [6, 6.07) is 0. The van der Waals surface area contributed by atoms with Crippen molar-refractivity contribution in [2.45, 2.75) is 68.8 Å². The molecule has 31 heavy (non-hydrogen) atoms. The summed E-state index contributed by atoms with van der Waals surface area (Å²) in [4.78, 5) is 24.9. The van der Waals surface area contributed by atoms with Gasteiger partial charge in [-0.3, -0.25) is 0 Å². The second kappa shape index (κ2) is 5.76. The average molecular weight is 647 g/mol. The summed E-state index contributed by atoms with van der Waals surface area (Å²) in [5, 5.41) is 0. The van der Waals surface area contributed by atoms with Crippen molar-refractivity contribution in [1.29, 1.82) is 0 Å². The van der Waals surface area contributed by atoms with Crippen LogP contribution in [0.3, 0.4) is 0 Å². The normalized spacial score (nSPS) is 63.6. The minimum atomic E-state index is -0.623. The number of allylic oxidation sites excluding steroid dienone is 1. The number of fused-ring (bicyclic) bond motifs is 12. The second-order valence-corrected chi connectivity index (χ2v) is 31.8. The number of carbonyl (C=O) groups is 2. The number of alkyl halides is 3. The summed E-state index contributed by atoms with van der Waals surface area (Å²) in [5.74, 6) is 6.74. The SMILES string of the molecule is C[C@H]1[C@H]2C3C4C(CC[C@]3(C)[C@]3(CCC(=O)O3)[C@@H]12)[C@@]1(C)CCC(=O)C=C1[C@@H]1C(I2C[I-]2)[C@H]41. The molecule has 1 spiro atoms. The molecular weight excluding hydrogens is 614 g/mol. The van der Waals surface area contributed by atoms with Crippen LogP contribution in [-0.4, -0.2) is 23.7 Å². The molecule has 0 bridgehead atoms. The zero-order valence-electron chi connectivity index (χ0n) is 18.7. The van der Waals surface area contributed by atoms with Crippen molar-refractivity contribution < 1.29 is 31.6 Å². The van der Waals surface area contributed by atoms with E-state index in [0.717, 1.165) is 64.6 Å². The van der Waals surface area contributed by atoms with Crippen LogP contribution < -0.4 is 17.2 Å². The number of halogens is 2. The summed E-state index contributed by atoms with van der Waals surface area (Å²) < 4.78 is 9.13. The Balaban J connectivity index is 1.27. The molecule has 5 heteroatoms. The molecule has 12 atom stereocenters. The van der Waals surface area contributed by atoms with Crippen LogP contribution in [0.25, 0.3) is 0 Å². The number of ketones is 1. The molecule has 8 aliphatic rings. The Hall–Kier alpha value is 0.340. The van der Waals surface area contributed by atoms with E-state index in [0.29, 0.717) is 35.4 Å². The fourth-order valence-corrected chi connectivity index (χ4v) is 30.6. The number of esters is 1. The Bertz CT molecular complexity index is 972. The van der Waals surface area contributed by atoms with Gasteiger partial charge in [0.25, 0.3) is 0 Å². The summed E-state index contributed by atoms with van der Waals surface area (Å²) in [6.45, 7) is 7.58. The first-order chi connectivity index (χ1) is 14.8. The van der Waals surface area contributed by atoms with E-state index < -0.39 is 15.8 Å². The zero-order valence-corrected chi connectivity index (χ0v) is 23.0. The molecule has 0 aromatic rings. The Kier molecular flexibility index (Phi) is 3.65. The summed E-state index contributed by atoms with van der Waals surface area (Å²) >= 11 is -0.0290. The fourth-order valence-electron chi connectivity index (χ4n) is 10.7. The molecule has 2 aliphatic heterocycles. The van der Waals surface area contributed by atoms with Gasteiger partial charge in [-0.05, 0) is 0 Å². The van der Waals surface area contributed by atoms with Gasteiger partial charge in [0.1, 0.15) is 0 Å². The average Bonchev–Trinajstić information content (AvgIpc) is 3.64. The van der Waals surface area contributed by atoms with Crippen LogP contribution in [0.2, 0.25) is 0 Å². The van der Waals surface area contributed by atoms with Gasteiger partial charge in [-0.25, -0.2) is 0 Å². The number of carbonyl (C=O) groups excluding carboxylic acids is 2. The van der Waals surface area contributed by atoms with E-state index >= 15 is 0 Å². The molecule has 0 aromatic carbocycles. The molecule has 5 saturated carbocycles.